The quantitative estimate of drug-likeness (QED) is 0.765. The van der Waals surface area contributed by atoms with E-state index in [1.807, 2.05) is 6.07 Å². The monoisotopic (exact) mass is 340 g/mol. The molecule has 1 fully saturated rings. The average Bonchev–Trinajstić information content (AvgIpc) is 3.20. The van der Waals surface area contributed by atoms with Crippen LogP contribution in [-0.2, 0) is 13.0 Å². The summed E-state index contributed by atoms with van der Waals surface area (Å²) in [4.78, 5) is 16.9. The Bertz CT molecular complexity index is 957. The number of aromatic carboxylic acids is 1. The van der Waals surface area contributed by atoms with Gasteiger partial charge in [-0.1, -0.05) is 11.3 Å². The smallest absolute Gasteiger partial charge is 0.335 e. The van der Waals surface area contributed by atoms with Crippen LogP contribution in [0.2, 0.25) is 0 Å². The molecule has 0 spiro atoms. The third-order valence-electron chi connectivity index (χ3n) is 4.85. The van der Waals surface area contributed by atoms with Crippen molar-refractivity contribution in [3.63, 3.8) is 0 Å². The molecular weight excluding hydrogens is 324 g/mol. The zero-order valence-electron chi connectivity index (χ0n) is 13.0. The zero-order chi connectivity index (χ0) is 16.3. The number of anilines is 1. The van der Waals surface area contributed by atoms with E-state index in [1.165, 1.54) is 24.1 Å². The summed E-state index contributed by atoms with van der Waals surface area (Å²) in [5.41, 5.74) is 3.72. The maximum Gasteiger partial charge on any atom is 0.335 e. The molecule has 3 heterocycles. The van der Waals surface area contributed by atoms with E-state index in [0.717, 1.165) is 40.6 Å². The fourth-order valence-corrected chi connectivity index (χ4v) is 4.40. The van der Waals surface area contributed by atoms with Gasteiger partial charge in [0.1, 0.15) is 5.01 Å². The lowest BCUT2D eigenvalue weighted by Gasteiger charge is -2.26. The molecule has 2 aliphatic rings. The molecule has 0 atom stereocenters. The van der Waals surface area contributed by atoms with Crippen molar-refractivity contribution >= 4 is 33.3 Å². The van der Waals surface area contributed by atoms with E-state index in [0.29, 0.717) is 11.5 Å². The van der Waals surface area contributed by atoms with Crippen LogP contribution in [0.3, 0.4) is 0 Å². The first kappa shape index (κ1) is 14.0. The van der Waals surface area contributed by atoms with Gasteiger partial charge < -0.3 is 15.0 Å². The number of carbonyl (C=O) groups is 1. The van der Waals surface area contributed by atoms with Crippen LogP contribution in [0.25, 0.3) is 10.9 Å². The maximum absolute atomic E-state index is 11.3. The van der Waals surface area contributed by atoms with E-state index in [9.17, 15) is 9.90 Å². The highest BCUT2D eigenvalue weighted by Crippen LogP contribution is 2.43. The summed E-state index contributed by atoms with van der Waals surface area (Å²) in [7, 11) is 0. The Balaban J connectivity index is 1.51. The first-order valence-corrected chi connectivity index (χ1v) is 8.96. The number of nitrogens with zero attached hydrogens (tertiary/aromatic N) is 3. The number of aromatic nitrogens is 3. The molecule has 2 aromatic heterocycles. The summed E-state index contributed by atoms with van der Waals surface area (Å²) in [6.07, 6.45) is 3.38. The average molecular weight is 340 g/mol. The van der Waals surface area contributed by atoms with Gasteiger partial charge in [-0.25, -0.2) is 4.79 Å². The first-order chi connectivity index (χ1) is 11.7. The second kappa shape index (κ2) is 5.04. The molecule has 2 N–H and O–H groups in total. The summed E-state index contributed by atoms with van der Waals surface area (Å²) in [6, 6.07) is 5.28. The summed E-state index contributed by atoms with van der Waals surface area (Å²) < 4.78 is 0. The third-order valence-corrected chi connectivity index (χ3v) is 6.00. The molecule has 0 bridgehead atoms. The number of fused-ring (bicyclic) bond motifs is 3. The molecule has 122 valence electrons. The molecule has 7 heteroatoms. The standard InChI is InChI=1S/C17H16N4O2S/c22-16(23)10-3-4-13-11(7-10)12-8-21(6-5-14(12)18-13)17-20-19-15(24-17)9-1-2-9/h3-4,7,9,18H,1-2,5-6,8H2,(H,22,23). The van der Waals surface area contributed by atoms with Crippen LogP contribution in [0.5, 0.6) is 0 Å². The minimum absolute atomic E-state index is 0.327. The topological polar surface area (TPSA) is 82.1 Å². The minimum atomic E-state index is -0.891. The summed E-state index contributed by atoms with van der Waals surface area (Å²) in [5.74, 6) is -0.263. The van der Waals surface area contributed by atoms with Gasteiger partial charge in [-0.2, -0.15) is 0 Å². The second-order valence-corrected chi connectivity index (χ2v) is 7.50. The van der Waals surface area contributed by atoms with Gasteiger partial charge in [-0.3, -0.25) is 0 Å². The van der Waals surface area contributed by atoms with E-state index < -0.39 is 5.97 Å². The molecule has 0 saturated heterocycles. The lowest BCUT2D eigenvalue weighted by Crippen LogP contribution is -2.29. The van der Waals surface area contributed by atoms with Crippen LogP contribution >= 0.6 is 11.3 Å². The second-order valence-electron chi connectivity index (χ2n) is 6.52. The number of benzene rings is 1. The predicted octanol–water partition coefficient (Wildman–Crippen LogP) is 3.16. The summed E-state index contributed by atoms with van der Waals surface area (Å²) in [5, 5.41) is 21.1. The Kier molecular flexibility index (Phi) is 2.94. The van der Waals surface area contributed by atoms with E-state index in [2.05, 4.69) is 20.1 Å². The van der Waals surface area contributed by atoms with E-state index in [4.69, 9.17) is 0 Å². The van der Waals surface area contributed by atoms with Gasteiger partial charge in [0.2, 0.25) is 5.13 Å². The number of aromatic amines is 1. The van der Waals surface area contributed by atoms with Gasteiger partial charge in [0.15, 0.2) is 0 Å². The molecule has 1 saturated carbocycles. The van der Waals surface area contributed by atoms with Crippen LogP contribution < -0.4 is 4.90 Å². The summed E-state index contributed by atoms with van der Waals surface area (Å²) >= 11 is 1.70. The molecule has 3 aromatic rings. The number of carboxylic acids is 1. The highest BCUT2D eigenvalue weighted by molar-refractivity contribution is 7.15. The third kappa shape index (κ3) is 2.19. The molecule has 1 aliphatic carbocycles. The molecular formula is C17H16N4O2S. The Labute approximate surface area is 142 Å². The predicted molar refractivity (Wildman–Crippen MR) is 91.9 cm³/mol. The van der Waals surface area contributed by atoms with E-state index >= 15 is 0 Å². The Morgan fingerprint density at radius 2 is 2.21 bits per heavy atom. The van der Waals surface area contributed by atoms with Gasteiger partial charge in [0.05, 0.1) is 5.56 Å². The molecule has 0 unspecified atom stereocenters. The number of nitrogens with one attached hydrogen (secondary N) is 1. The maximum atomic E-state index is 11.3. The van der Waals surface area contributed by atoms with Crippen molar-refractivity contribution in [2.75, 3.05) is 11.4 Å². The fourth-order valence-electron chi connectivity index (χ4n) is 3.36. The van der Waals surface area contributed by atoms with E-state index in [-0.39, 0.29) is 0 Å². The highest BCUT2D eigenvalue weighted by Gasteiger charge is 2.29. The van der Waals surface area contributed by atoms with Crippen molar-refractivity contribution in [1.82, 2.24) is 15.2 Å². The first-order valence-electron chi connectivity index (χ1n) is 8.14. The van der Waals surface area contributed by atoms with Gasteiger partial charge in [-0.05, 0) is 31.0 Å². The normalized spacial score (nSPS) is 17.2. The highest BCUT2D eigenvalue weighted by atomic mass is 32.1. The van der Waals surface area contributed by atoms with Crippen molar-refractivity contribution in [1.29, 1.82) is 0 Å². The summed E-state index contributed by atoms with van der Waals surface area (Å²) in [6.45, 7) is 1.66. The van der Waals surface area contributed by atoms with Crippen LogP contribution in [0.4, 0.5) is 5.13 Å². The minimum Gasteiger partial charge on any atom is -0.478 e. The largest absolute Gasteiger partial charge is 0.478 e. The number of H-pyrrole nitrogens is 1. The lowest BCUT2D eigenvalue weighted by atomic mass is 10.0. The lowest BCUT2D eigenvalue weighted by molar-refractivity contribution is 0.0697. The fraction of sp³-hybridized carbons (Fsp3) is 0.353. The van der Waals surface area contributed by atoms with Crippen molar-refractivity contribution in [3.8, 4) is 0 Å². The van der Waals surface area contributed by atoms with Crippen LogP contribution in [-0.4, -0.2) is 32.8 Å². The number of carboxylic acid groups (broad SMARTS) is 1. The van der Waals surface area contributed by atoms with Crippen molar-refractivity contribution < 1.29 is 9.90 Å². The van der Waals surface area contributed by atoms with Gasteiger partial charge in [-0.15, -0.1) is 10.2 Å². The van der Waals surface area contributed by atoms with Gasteiger partial charge in [0, 0.05) is 47.6 Å². The molecule has 0 radical (unpaired) electrons. The zero-order valence-corrected chi connectivity index (χ0v) is 13.8. The Morgan fingerprint density at radius 3 is 3.00 bits per heavy atom. The Hall–Kier alpha value is -2.41. The number of rotatable bonds is 3. The van der Waals surface area contributed by atoms with Crippen molar-refractivity contribution in [2.45, 2.75) is 31.7 Å². The molecule has 1 aliphatic heterocycles. The van der Waals surface area contributed by atoms with E-state index in [1.54, 1.807) is 23.5 Å². The molecule has 24 heavy (non-hydrogen) atoms. The van der Waals surface area contributed by atoms with Crippen LogP contribution in [0.15, 0.2) is 18.2 Å². The van der Waals surface area contributed by atoms with Gasteiger partial charge in [0.25, 0.3) is 0 Å². The van der Waals surface area contributed by atoms with Crippen molar-refractivity contribution in [2.24, 2.45) is 0 Å². The van der Waals surface area contributed by atoms with Gasteiger partial charge >= 0.3 is 5.97 Å². The van der Waals surface area contributed by atoms with Crippen molar-refractivity contribution in [3.05, 3.63) is 40.0 Å². The molecule has 6 nitrogen and oxygen atoms in total. The van der Waals surface area contributed by atoms with Crippen LogP contribution in [0, 0.1) is 0 Å². The SMILES string of the molecule is O=C(O)c1ccc2[nH]c3c(c2c1)CN(c1nnc(C2CC2)s1)CC3. The molecule has 0 amide bonds. The number of hydrogen-bond donors (Lipinski definition) is 2. The Morgan fingerprint density at radius 1 is 1.33 bits per heavy atom. The van der Waals surface area contributed by atoms with Crippen LogP contribution in [0.1, 0.15) is 45.4 Å². The molecule has 1 aromatic carbocycles. The number of hydrogen-bond acceptors (Lipinski definition) is 5. The molecule has 5 rings (SSSR count).